The molecule has 0 fully saturated rings. The van der Waals surface area contributed by atoms with Crippen molar-refractivity contribution in [3.05, 3.63) is 59.7 Å². The molecule has 0 aliphatic heterocycles. The van der Waals surface area contributed by atoms with Crippen molar-refractivity contribution < 1.29 is 19.1 Å². The Morgan fingerprint density at radius 3 is 2.04 bits per heavy atom. The molecule has 136 valence electrons. The van der Waals surface area contributed by atoms with Crippen LogP contribution >= 0.6 is 0 Å². The number of rotatable bonds is 6. The highest BCUT2D eigenvalue weighted by Gasteiger charge is 2.11. The summed E-state index contributed by atoms with van der Waals surface area (Å²) in [5, 5.41) is 5.12. The van der Waals surface area contributed by atoms with Crippen LogP contribution in [0.5, 0.6) is 0 Å². The van der Waals surface area contributed by atoms with Gasteiger partial charge in [0, 0.05) is 38.1 Å². The fourth-order valence-corrected chi connectivity index (χ4v) is 2.16. The molecule has 26 heavy (non-hydrogen) atoms. The molecule has 0 bridgehead atoms. The lowest BCUT2D eigenvalue weighted by Crippen LogP contribution is -2.21. The molecule has 0 spiro atoms. The van der Waals surface area contributed by atoms with E-state index < -0.39 is 18.5 Å². The topological polar surface area (TPSA) is 87.7 Å². The highest BCUT2D eigenvalue weighted by Crippen LogP contribution is 2.13. The summed E-state index contributed by atoms with van der Waals surface area (Å²) in [5.41, 5.74) is 2.32. The first-order valence-electron chi connectivity index (χ1n) is 7.97. The molecule has 2 amide bonds. The first kappa shape index (κ1) is 19.0. The third kappa shape index (κ3) is 5.07. The van der Waals surface area contributed by atoms with Gasteiger partial charge in [0.2, 0.25) is 0 Å². The smallest absolute Gasteiger partial charge is 0.338 e. The Balaban J connectivity index is 1.86. The number of carbonyl (C=O) groups excluding carboxylic acids is 3. The number of hydrogen-bond acceptors (Lipinski definition) is 5. The molecule has 0 radical (unpaired) electrons. The van der Waals surface area contributed by atoms with Crippen LogP contribution in [0.3, 0.4) is 0 Å². The zero-order valence-electron chi connectivity index (χ0n) is 14.9. The van der Waals surface area contributed by atoms with Gasteiger partial charge in [0.15, 0.2) is 6.61 Å². The van der Waals surface area contributed by atoms with Gasteiger partial charge >= 0.3 is 5.97 Å². The fourth-order valence-electron chi connectivity index (χ4n) is 2.16. The van der Waals surface area contributed by atoms with Gasteiger partial charge < -0.3 is 20.3 Å². The third-order valence-electron chi connectivity index (χ3n) is 3.61. The Labute approximate surface area is 152 Å². The minimum Gasteiger partial charge on any atom is -0.452 e. The predicted octanol–water partition coefficient (Wildman–Crippen LogP) is 1.91. The van der Waals surface area contributed by atoms with E-state index in [1.54, 1.807) is 55.6 Å². The van der Waals surface area contributed by atoms with E-state index in [9.17, 15) is 14.4 Å². The van der Waals surface area contributed by atoms with Crippen LogP contribution in [0.25, 0.3) is 0 Å². The number of esters is 1. The van der Waals surface area contributed by atoms with E-state index >= 15 is 0 Å². The van der Waals surface area contributed by atoms with Gasteiger partial charge in [-0.15, -0.1) is 0 Å². The molecule has 0 saturated heterocycles. The molecule has 0 atom stereocenters. The second-order valence-electron chi connectivity index (χ2n) is 5.72. The molecular weight excluding hydrogens is 334 g/mol. The van der Waals surface area contributed by atoms with Crippen molar-refractivity contribution in [2.24, 2.45) is 0 Å². The minimum atomic E-state index is -0.569. The van der Waals surface area contributed by atoms with E-state index in [4.69, 9.17) is 4.74 Å². The van der Waals surface area contributed by atoms with Crippen LogP contribution in [0.4, 0.5) is 11.4 Å². The van der Waals surface area contributed by atoms with Gasteiger partial charge in [-0.3, -0.25) is 9.59 Å². The van der Waals surface area contributed by atoms with Crippen LogP contribution < -0.4 is 15.5 Å². The summed E-state index contributed by atoms with van der Waals surface area (Å²) in [7, 11) is 5.35. The van der Waals surface area contributed by atoms with Gasteiger partial charge in [0.25, 0.3) is 11.8 Å². The van der Waals surface area contributed by atoms with Crippen LogP contribution in [0.15, 0.2) is 48.5 Å². The molecule has 2 rings (SSSR count). The van der Waals surface area contributed by atoms with Crippen molar-refractivity contribution in [1.82, 2.24) is 5.32 Å². The normalized spacial score (nSPS) is 9.96. The molecule has 2 aromatic carbocycles. The van der Waals surface area contributed by atoms with E-state index in [1.165, 1.54) is 0 Å². The summed E-state index contributed by atoms with van der Waals surface area (Å²) in [6.45, 7) is -0.397. The zero-order valence-corrected chi connectivity index (χ0v) is 14.9. The number of hydrogen-bond donors (Lipinski definition) is 2. The number of anilines is 2. The number of carbonyl (C=O) groups is 3. The first-order chi connectivity index (χ1) is 12.4. The average molecular weight is 355 g/mol. The predicted molar refractivity (Wildman–Crippen MR) is 99.5 cm³/mol. The summed E-state index contributed by atoms with van der Waals surface area (Å²) >= 11 is 0. The second kappa shape index (κ2) is 8.66. The highest BCUT2D eigenvalue weighted by molar-refractivity contribution is 5.97. The van der Waals surface area contributed by atoms with Crippen LogP contribution in [-0.2, 0) is 9.53 Å². The van der Waals surface area contributed by atoms with Crippen LogP contribution in [-0.4, -0.2) is 45.5 Å². The van der Waals surface area contributed by atoms with E-state index in [1.807, 2.05) is 19.0 Å². The van der Waals surface area contributed by atoms with Gasteiger partial charge in [0.05, 0.1) is 5.56 Å². The summed E-state index contributed by atoms with van der Waals surface area (Å²) in [6, 6.07) is 13.3. The maximum atomic E-state index is 12.0. The van der Waals surface area contributed by atoms with E-state index in [0.29, 0.717) is 16.8 Å². The number of nitrogens with zero attached hydrogens (tertiary/aromatic N) is 1. The van der Waals surface area contributed by atoms with Gasteiger partial charge in [-0.2, -0.15) is 0 Å². The molecule has 0 aliphatic carbocycles. The Kier molecular flexibility index (Phi) is 6.32. The van der Waals surface area contributed by atoms with Gasteiger partial charge in [0.1, 0.15) is 0 Å². The molecule has 0 aliphatic rings. The molecule has 2 aromatic rings. The molecule has 0 aromatic heterocycles. The molecule has 7 heteroatoms. The Bertz CT molecular complexity index is 783. The van der Waals surface area contributed by atoms with Crippen molar-refractivity contribution in [1.29, 1.82) is 0 Å². The lowest BCUT2D eigenvalue weighted by atomic mass is 10.2. The summed E-state index contributed by atoms with van der Waals surface area (Å²) < 4.78 is 5.01. The van der Waals surface area contributed by atoms with Crippen LogP contribution in [0, 0.1) is 0 Å². The maximum Gasteiger partial charge on any atom is 0.338 e. The van der Waals surface area contributed by atoms with Crippen molar-refractivity contribution >= 4 is 29.2 Å². The van der Waals surface area contributed by atoms with Crippen molar-refractivity contribution in [2.45, 2.75) is 0 Å². The Morgan fingerprint density at radius 2 is 1.50 bits per heavy atom. The molecule has 0 saturated carbocycles. The number of benzene rings is 2. The van der Waals surface area contributed by atoms with E-state index in [2.05, 4.69) is 10.6 Å². The lowest BCUT2D eigenvalue weighted by Gasteiger charge is -2.12. The SMILES string of the molecule is CNC(=O)c1ccc(NC(=O)COC(=O)c2ccc(N(C)C)cc2)cc1. The number of amides is 2. The molecular formula is C19H21N3O4. The second-order valence-corrected chi connectivity index (χ2v) is 5.72. The number of nitrogens with one attached hydrogen (secondary N) is 2. The Hall–Kier alpha value is -3.35. The fraction of sp³-hybridized carbons (Fsp3) is 0.211. The number of ether oxygens (including phenoxy) is 1. The molecule has 0 heterocycles. The Morgan fingerprint density at radius 1 is 0.923 bits per heavy atom. The molecule has 2 N–H and O–H groups in total. The monoisotopic (exact) mass is 355 g/mol. The van der Waals surface area contributed by atoms with Crippen LogP contribution in [0.2, 0.25) is 0 Å². The molecule has 0 unspecified atom stereocenters. The zero-order chi connectivity index (χ0) is 19.1. The highest BCUT2D eigenvalue weighted by atomic mass is 16.5. The lowest BCUT2D eigenvalue weighted by molar-refractivity contribution is -0.119. The largest absolute Gasteiger partial charge is 0.452 e. The quantitative estimate of drug-likeness (QED) is 0.773. The summed E-state index contributed by atoms with van der Waals surface area (Å²) in [5.74, 6) is -1.24. The standard InChI is InChI=1S/C19H21N3O4/c1-20-18(24)13-4-8-15(9-5-13)21-17(23)12-26-19(25)14-6-10-16(11-7-14)22(2)3/h4-11H,12H2,1-3H3,(H,20,24)(H,21,23). The van der Waals surface area contributed by atoms with Gasteiger partial charge in [-0.05, 0) is 48.5 Å². The first-order valence-corrected chi connectivity index (χ1v) is 7.97. The van der Waals surface area contributed by atoms with Crippen molar-refractivity contribution in [3.63, 3.8) is 0 Å². The van der Waals surface area contributed by atoms with Crippen LogP contribution in [0.1, 0.15) is 20.7 Å². The van der Waals surface area contributed by atoms with Gasteiger partial charge in [-0.1, -0.05) is 0 Å². The van der Waals surface area contributed by atoms with E-state index in [0.717, 1.165) is 5.69 Å². The summed E-state index contributed by atoms with van der Waals surface area (Å²) in [4.78, 5) is 37.2. The van der Waals surface area contributed by atoms with Crippen molar-refractivity contribution in [3.8, 4) is 0 Å². The maximum absolute atomic E-state index is 12.0. The minimum absolute atomic E-state index is 0.211. The molecule has 7 nitrogen and oxygen atoms in total. The van der Waals surface area contributed by atoms with Crippen molar-refractivity contribution in [2.75, 3.05) is 38.0 Å². The van der Waals surface area contributed by atoms with E-state index in [-0.39, 0.29) is 5.91 Å². The van der Waals surface area contributed by atoms with Gasteiger partial charge in [-0.25, -0.2) is 4.79 Å². The third-order valence-corrected chi connectivity index (χ3v) is 3.61. The average Bonchev–Trinajstić information content (AvgIpc) is 2.66. The summed E-state index contributed by atoms with van der Waals surface area (Å²) in [6.07, 6.45) is 0.